The number of nitrogens with one attached hydrogen (secondary N) is 3. The van der Waals surface area contributed by atoms with Crippen LogP contribution in [0.3, 0.4) is 0 Å². The third-order valence-electron chi connectivity index (χ3n) is 4.40. The predicted molar refractivity (Wildman–Crippen MR) is 121 cm³/mol. The number of rotatable bonds is 8. The molecule has 0 unspecified atom stereocenters. The van der Waals surface area contributed by atoms with E-state index in [0.717, 1.165) is 28.4 Å². The molecule has 0 amide bonds. The van der Waals surface area contributed by atoms with Crippen LogP contribution in [0.2, 0.25) is 0 Å². The third-order valence-corrected chi connectivity index (χ3v) is 4.40. The standard InChI is InChI=1S/C23H22N6O2/c1-31-20-13-11-19(12-14-20)26-23-28-21(24-17-5-3-2-4-6-17)27-22(29-23)25-18-9-7-16(15-30)8-10-18/h2-14,30H,15H2,1H3,(H3,24,25,26,27,28,29). The van der Waals surface area contributed by atoms with Crippen LogP contribution in [0.4, 0.5) is 34.9 Å². The number of hydrogen-bond donors (Lipinski definition) is 4. The van der Waals surface area contributed by atoms with Gasteiger partial charge in [0.1, 0.15) is 5.75 Å². The normalized spacial score (nSPS) is 10.4. The Labute approximate surface area is 180 Å². The van der Waals surface area contributed by atoms with E-state index in [2.05, 4.69) is 30.9 Å². The quantitative estimate of drug-likeness (QED) is 0.332. The summed E-state index contributed by atoms with van der Waals surface area (Å²) in [6.45, 7) is -0.00684. The second-order valence-corrected chi connectivity index (χ2v) is 6.63. The Morgan fingerprint density at radius 3 is 1.55 bits per heavy atom. The van der Waals surface area contributed by atoms with E-state index in [1.54, 1.807) is 7.11 Å². The van der Waals surface area contributed by atoms with E-state index < -0.39 is 0 Å². The topological polar surface area (TPSA) is 104 Å². The molecule has 0 saturated heterocycles. The van der Waals surface area contributed by atoms with Gasteiger partial charge in [-0.2, -0.15) is 15.0 Å². The Balaban J connectivity index is 1.61. The smallest absolute Gasteiger partial charge is 0.233 e. The highest BCUT2D eigenvalue weighted by molar-refractivity contribution is 5.62. The highest BCUT2D eigenvalue weighted by Gasteiger charge is 2.09. The van der Waals surface area contributed by atoms with E-state index in [4.69, 9.17) is 4.74 Å². The molecule has 0 bridgehead atoms. The molecule has 0 atom stereocenters. The molecule has 1 heterocycles. The Kier molecular flexibility index (Phi) is 6.20. The molecule has 0 saturated carbocycles. The molecule has 4 N–H and O–H groups in total. The Morgan fingerprint density at radius 2 is 1.10 bits per heavy atom. The number of para-hydroxylation sites is 1. The lowest BCUT2D eigenvalue weighted by Gasteiger charge is -2.12. The van der Waals surface area contributed by atoms with Crippen molar-refractivity contribution in [2.24, 2.45) is 0 Å². The van der Waals surface area contributed by atoms with Gasteiger partial charge in [-0.3, -0.25) is 0 Å². The van der Waals surface area contributed by atoms with Gasteiger partial charge in [0.15, 0.2) is 0 Å². The summed E-state index contributed by atoms with van der Waals surface area (Å²) in [7, 11) is 1.63. The van der Waals surface area contributed by atoms with Gasteiger partial charge in [-0.25, -0.2) is 0 Å². The summed E-state index contributed by atoms with van der Waals surface area (Å²) < 4.78 is 5.20. The summed E-state index contributed by atoms with van der Waals surface area (Å²) in [5.41, 5.74) is 3.30. The van der Waals surface area contributed by atoms with Crippen LogP contribution in [0.1, 0.15) is 5.56 Å². The second-order valence-electron chi connectivity index (χ2n) is 6.63. The lowest BCUT2D eigenvalue weighted by molar-refractivity contribution is 0.282. The molecule has 156 valence electrons. The minimum atomic E-state index is -0.00684. The minimum absolute atomic E-state index is 0.00684. The fourth-order valence-electron chi connectivity index (χ4n) is 2.82. The number of anilines is 6. The maximum atomic E-state index is 9.23. The van der Waals surface area contributed by atoms with E-state index in [1.165, 1.54) is 0 Å². The summed E-state index contributed by atoms with van der Waals surface area (Å²) in [6, 6.07) is 24.5. The fourth-order valence-corrected chi connectivity index (χ4v) is 2.82. The van der Waals surface area contributed by atoms with Crippen molar-refractivity contribution in [1.29, 1.82) is 0 Å². The van der Waals surface area contributed by atoms with Crippen LogP contribution in [0.5, 0.6) is 5.75 Å². The molecule has 3 aromatic carbocycles. The number of nitrogens with zero attached hydrogens (tertiary/aromatic N) is 3. The van der Waals surface area contributed by atoms with Crippen molar-refractivity contribution in [2.45, 2.75) is 6.61 Å². The number of hydrogen-bond acceptors (Lipinski definition) is 8. The Bertz CT molecular complexity index is 1050. The van der Waals surface area contributed by atoms with Crippen LogP contribution in [-0.4, -0.2) is 27.2 Å². The van der Waals surface area contributed by atoms with Gasteiger partial charge in [0.05, 0.1) is 13.7 Å². The number of aliphatic hydroxyl groups excluding tert-OH is 1. The van der Waals surface area contributed by atoms with Crippen LogP contribution < -0.4 is 20.7 Å². The van der Waals surface area contributed by atoms with Crippen molar-refractivity contribution < 1.29 is 9.84 Å². The van der Waals surface area contributed by atoms with E-state index in [9.17, 15) is 5.11 Å². The number of benzene rings is 3. The lowest BCUT2D eigenvalue weighted by Crippen LogP contribution is -2.07. The van der Waals surface area contributed by atoms with Crippen molar-refractivity contribution in [2.75, 3.05) is 23.1 Å². The predicted octanol–water partition coefficient (Wildman–Crippen LogP) is 4.60. The number of aromatic nitrogens is 3. The first-order valence-electron chi connectivity index (χ1n) is 9.68. The first-order valence-corrected chi connectivity index (χ1v) is 9.68. The van der Waals surface area contributed by atoms with Crippen molar-refractivity contribution >= 4 is 34.9 Å². The molecule has 0 spiro atoms. The van der Waals surface area contributed by atoms with Gasteiger partial charge in [-0.05, 0) is 54.1 Å². The maximum absolute atomic E-state index is 9.23. The van der Waals surface area contributed by atoms with Gasteiger partial charge >= 0.3 is 0 Å². The molecule has 4 rings (SSSR count). The summed E-state index contributed by atoms with van der Waals surface area (Å²) in [4.78, 5) is 13.5. The highest BCUT2D eigenvalue weighted by atomic mass is 16.5. The van der Waals surface area contributed by atoms with Crippen molar-refractivity contribution in [1.82, 2.24) is 15.0 Å². The minimum Gasteiger partial charge on any atom is -0.497 e. The largest absolute Gasteiger partial charge is 0.497 e. The zero-order chi connectivity index (χ0) is 21.5. The van der Waals surface area contributed by atoms with Gasteiger partial charge in [-0.15, -0.1) is 0 Å². The Morgan fingerprint density at radius 1 is 0.645 bits per heavy atom. The van der Waals surface area contributed by atoms with Crippen LogP contribution in [0.25, 0.3) is 0 Å². The monoisotopic (exact) mass is 414 g/mol. The molecule has 1 aromatic heterocycles. The molecule has 0 aliphatic carbocycles. The number of aliphatic hydroxyl groups is 1. The van der Waals surface area contributed by atoms with Gasteiger partial charge < -0.3 is 25.8 Å². The highest BCUT2D eigenvalue weighted by Crippen LogP contribution is 2.22. The van der Waals surface area contributed by atoms with Gasteiger partial charge in [-0.1, -0.05) is 30.3 Å². The molecule has 0 aliphatic heterocycles. The number of methoxy groups -OCH3 is 1. The van der Waals surface area contributed by atoms with E-state index >= 15 is 0 Å². The van der Waals surface area contributed by atoms with Crippen LogP contribution in [0.15, 0.2) is 78.9 Å². The van der Waals surface area contributed by atoms with Crippen LogP contribution in [0, 0.1) is 0 Å². The van der Waals surface area contributed by atoms with Crippen LogP contribution >= 0.6 is 0 Å². The van der Waals surface area contributed by atoms with Crippen molar-refractivity contribution in [3.05, 3.63) is 84.4 Å². The summed E-state index contributed by atoms with van der Waals surface area (Å²) in [5, 5.41) is 18.8. The Hall–Kier alpha value is -4.17. The zero-order valence-corrected chi connectivity index (χ0v) is 16.9. The molecule has 31 heavy (non-hydrogen) atoms. The van der Waals surface area contributed by atoms with E-state index in [-0.39, 0.29) is 6.61 Å². The number of ether oxygens (including phenoxy) is 1. The van der Waals surface area contributed by atoms with Gasteiger partial charge in [0, 0.05) is 17.1 Å². The zero-order valence-electron chi connectivity index (χ0n) is 16.9. The third kappa shape index (κ3) is 5.46. The van der Waals surface area contributed by atoms with E-state index in [0.29, 0.717) is 17.8 Å². The SMILES string of the molecule is COc1ccc(Nc2nc(Nc3ccccc3)nc(Nc3ccc(CO)cc3)n2)cc1. The lowest BCUT2D eigenvalue weighted by atomic mass is 10.2. The molecule has 0 aliphatic rings. The molecule has 4 aromatic rings. The summed E-state index contributed by atoms with van der Waals surface area (Å²) in [5.74, 6) is 1.92. The average molecular weight is 414 g/mol. The summed E-state index contributed by atoms with van der Waals surface area (Å²) >= 11 is 0. The molecule has 8 heteroatoms. The van der Waals surface area contributed by atoms with Gasteiger partial charge in [0.25, 0.3) is 0 Å². The fraction of sp³-hybridized carbons (Fsp3) is 0.0870. The molecule has 8 nitrogen and oxygen atoms in total. The first kappa shape index (κ1) is 20.1. The molecule has 0 fully saturated rings. The van der Waals surface area contributed by atoms with Crippen molar-refractivity contribution in [3.63, 3.8) is 0 Å². The summed E-state index contributed by atoms with van der Waals surface area (Å²) in [6.07, 6.45) is 0. The maximum Gasteiger partial charge on any atom is 0.233 e. The molecular weight excluding hydrogens is 392 g/mol. The molecule has 0 radical (unpaired) electrons. The van der Waals surface area contributed by atoms with Crippen LogP contribution in [-0.2, 0) is 6.61 Å². The molecular formula is C23H22N6O2. The average Bonchev–Trinajstić information content (AvgIpc) is 2.81. The first-order chi connectivity index (χ1) is 15.2. The van der Waals surface area contributed by atoms with E-state index in [1.807, 2.05) is 78.9 Å². The van der Waals surface area contributed by atoms with Gasteiger partial charge in [0.2, 0.25) is 17.8 Å². The second kappa shape index (κ2) is 9.55. The van der Waals surface area contributed by atoms with Crippen molar-refractivity contribution in [3.8, 4) is 5.75 Å².